The predicted molar refractivity (Wildman–Crippen MR) is 132 cm³/mol. The van der Waals surface area contributed by atoms with Crippen molar-refractivity contribution in [3.05, 3.63) is 48.0 Å². The number of hydrogen-bond donors (Lipinski definition) is 1. The highest BCUT2D eigenvalue weighted by atomic mass is 127. The summed E-state index contributed by atoms with van der Waals surface area (Å²) in [5, 5.41) is 7.99. The lowest BCUT2D eigenvalue weighted by atomic mass is 10.2. The number of rotatable bonds is 8. The molecule has 1 fully saturated rings. The second-order valence-corrected chi connectivity index (χ2v) is 7.52. The maximum absolute atomic E-state index is 13.1. The summed E-state index contributed by atoms with van der Waals surface area (Å²) in [4.78, 5) is 9.62. The molecule has 6 nitrogen and oxygen atoms in total. The van der Waals surface area contributed by atoms with Crippen LogP contribution in [0.15, 0.2) is 41.5 Å². The zero-order valence-corrected chi connectivity index (χ0v) is 20.6. The normalized spacial score (nSPS) is 17.1. The molecule has 1 aliphatic heterocycles. The van der Waals surface area contributed by atoms with Crippen LogP contribution in [0.2, 0.25) is 0 Å². The van der Waals surface area contributed by atoms with Gasteiger partial charge in [-0.3, -0.25) is 9.89 Å². The van der Waals surface area contributed by atoms with E-state index in [1.54, 1.807) is 16.8 Å². The second kappa shape index (κ2) is 12.2. The minimum atomic E-state index is -0.241. The number of halogens is 2. The van der Waals surface area contributed by atoms with Crippen molar-refractivity contribution in [1.29, 1.82) is 0 Å². The first-order valence-electron chi connectivity index (χ1n) is 10.6. The molecular weight excluding hydrogens is 494 g/mol. The predicted octanol–water partition coefficient (Wildman–Crippen LogP) is 3.55. The third-order valence-electron chi connectivity index (χ3n) is 5.45. The zero-order chi connectivity index (χ0) is 20.6. The summed E-state index contributed by atoms with van der Waals surface area (Å²) in [5.74, 6) is 0.712. The zero-order valence-electron chi connectivity index (χ0n) is 18.2. The quantitative estimate of drug-likeness (QED) is 0.324. The van der Waals surface area contributed by atoms with Crippen LogP contribution < -0.4 is 5.32 Å². The first kappa shape index (κ1) is 24.6. The standard InChI is InChI=1S/C22H33FN6.HI/c1-4-24-22(27(3)17-21-7-6-15-28(21)5-2)25-14-12-19-13-16-29(26-19)20-10-8-18(23)9-11-20;/h8-11,13,16,21H,4-7,12,14-15,17H2,1-3H3,(H,24,25);1H. The van der Waals surface area contributed by atoms with E-state index in [2.05, 4.69) is 41.1 Å². The number of guanidine groups is 1. The molecule has 1 unspecified atom stereocenters. The van der Waals surface area contributed by atoms with Crippen LogP contribution in [0, 0.1) is 5.82 Å². The number of aliphatic imine (C=N–C) groups is 1. The van der Waals surface area contributed by atoms with Crippen molar-refractivity contribution >= 4 is 29.9 Å². The number of likely N-dealkylation sites (N-methyl/N-ethyl adjacent to an activating group) is 2. The van der Waals surface area contributed by atoms with Crippen molar-refractivity contribution in [1.82, 2.24) is 24.9 Å². The van der Waals surface area contributed by atoms with Crippen molar-refractivity contribution in [2.24, 2.45) is 4.99 Å². The monoisotopic (exact) mass is 528 g/mol. The van der Waals surface area contributed by atoms with E-state index >= 15 is 0 Å². The van der Waals surface area contributed by atoms with Crippen LogP contribution in [-0.2, 0) is 6.42 Å². The number of hydrogen-bond acceptors (Lipinski definition) is 3. The van der Waals surface area contributed by atoms with Crippen molar-refractivity contribution in [3.8, 4) is 5.69 Å². The van der Waals surface area contributed by atoms with Crippen LogP contribution in [0.3, 0.4) is 0 Å². The van der Waals surface area contributed by atoms with Crippen LogP contribution in [0.5, 0.6) is 0 Å². The smallest absolute Gasteiger partial charge is 0.193 e. The highest BCUT2D eigenvalue weighted by Gasteiger charge is 2.24. The molecule has 2 aromatic rings. The van der Waals surface area contributed by atoms with Crippen molar-refractivity contribution < 1.29 is 4.39 Å². The highest BCUT2D eigenvalue weighted by molar-refractivity contribution is 14.0. The van der Waals surface area contributed by atoms with Crippen molar-refractivity contribution in [2.75, 3.05) is 39.8 Å². The molecule has 2 heterocycles. The fourth-order valence-electron chi connectivity index (χ4n) is 3.90. The second-order valence-electron chi connectivity index (χ2n) is 7.52. The van der Waals surface area contributed by atoms with Gasteiger partial charge in [0, 0.05) is 45.3 Å². The van der Waals surface area contributed by atoms with Gasteiger partial charge >= 0.3 is 0 Å². The van der Waals surface area contributed by atoms with Gasteiger partial charge in [0.1, 0.15) is 5.82 Å². The van der Waals surface area contributed by atoms with Crippen LogP contribution in [-0.4, -0.2) is 71.4 Å². The Morgan fingerprint density at radius 1 is 1.27 bits per heavy atom. The molecule has 0 spiro atoms. The van der Waals surface area contributed by atoms with Gasteiger partial charge in [-0.25, -0.2) is 9.07 Å². The highest BCUT2D eigenvalue weighted by Crippen LogP contribution is 2.17. The van der Waals surface area contributed by atoms with Gasteiger partial charge in [0.05, 0.1) is 11.4 Å². The molecule has 0 saturated carbocycles. The van der Waals surface area contributed by atoms with E-state index in [0.29, 0.717) is 12.6 Å². The molecule has 1 atom stereocenters. The summed E-state index contributed by atoms with van der Waals surface area (Å²) < 4.78 is 14.9. The molecule has 0 aliphatic carbocycles. The Balaban J connectivity index is 0.00000320. The molecule has 1 N–H and O–H groups in total. The molecule has 1 saturated heterocycles. The van der Waals surface area contributed by atoms with Crippen LogP contribution in [0.4, 0.5) is 4.39 Å². The molecule has 166 valence electrons. The van der Waals surface area contributed by atoms with E-state index in [1.807, 2.05) is 12.3 Å². The van der Waals surface area contributed by atoms with Gasteiger partial charge in [0.2, 0.25) is 0 Å². The van der Waals surface area contributed by atoms with Gasteiger partial charge < -0.3 is 10.2 Å². The summed E-state index contributed by atoms with van der Waals surface area (Å²) in [6, 6.07) is 8.96. The van der Waals surface area contributed by atoms with Gasteiger partial charge in [0.25, 0.3) is 0 Å². The molecule has 0 radical (unpaired) electrons. The number of aromatic nitrogens is 2. The van der Waals surface area contributed by atoms with Crippen molar-refractivity contribution in [2.45, 2.75) is 39.2 Å². The Bertz CT molecular complexity index is 791. The number of nitrogens with zero attached hydrogens (tertiary/aromatic N) is 5. The average molecular weight is 528 g/mol. The lowest BCUT2D eigenvalue weighted by Crippen LogP contribution is -2.46. The maximum atomic E-state index is 13.1. The Kier molecular flexibility index (Phi) is 10.0. The first-order valence-corrected chi connectivity index (χ1v) is 10.6. The number of nitrogens with one attached hydrogen (secondary N) is 1. The summed E-state index contributed by atoms with van der Waals surface area (Å²) in [6.45, 7) is 9.19. The van der Waals surface area contributed by atoms with Crippen LogP contribution >= 0.6 is 24.0 Å². The fraction of sp³-hybridized carbons (Fsp3) is 0.545. The van der Waals surface area contributed by atoms with Gasteiger partial charge in [-0.1, -0.05) is 6.92 Å². The Morgan fingerprint density at radius 2 is 2.03 bits per heavy atom. The van der Waals surface area contributed by atoms with E-state index in [1.165, 1.54) is 31.5 Å². The van der Waals surface area contributed by atoms with E-state index < -0.39 is 0 Å². The lowest BCUT2D eigenvalue weighted by molar-refractivity contribution is 0.232. The van der Waals surface area contributed by atoms with Gasteiger partial charge in [-0.05, 0) is 63.2 Å². The van der Waals surface area contributed by atoms with E-state index in [-0.39, 0.29) is 29.8 Å². The minimum absolute atomic E-state index is 0. The molecule has 0 bridgehead atoms. The van der Waals surface area contributed by atoms with E-state index in [9.17, 15) is 4.39 Å². The number of likely N-dealkylation sites (tertiary alicyclic amines) is 1. The lowest BCUT2D eigenvalue weighted by Gasteiger charge is -2.29. The maximum Gasteiger partial charge on any atom is 0.193 e. The summed E-state index contributed by atoms with van der Waals surface area (Å²) in [7, 11) is 2.12. The number of benzene rings is 1. The molecule has 3 rings (SSSR count). The van der Waals surface area contributed by atoms with Crippen LogP contribution in [0.25, 0.3) is 5.69 Å². The molecule has 1 aromatic carbocycles. The SMILES string of the molecule is CCNC(=NCCc1ccn(-c2ccc(F)cc2)n1)N(C)CC1CCCN1CC.I. The Hall–Kier alpha value is -1.68. The molecule has 8 heteroatoms. The van der Waals surface area contributed by atoms with Crippen LogP contribution in [0.1, 0.15) is 32.4 Å². The molecule has 1 aliphatic rings. The largest absolute Gasteiger partial charge is 0.357 e. The molecule has 1 aromatic heterocycles. The van der Waals surface area contributed by atoms with Gasteiger partial charge in [-0.2, -0.15) is 5.10 Å². The average Bonchev–Trinajstić information content (AvgIpc) is 3.37. The van der Waals surface area contributed by atoms with Crippen molar-refractivity contribution in [3.63, 3.8) is 0 Å². The van der Waals surface area contributed by atoms with E-state index in [4.69, 9.17) is 4.99 Å². The summed E-state index contributed by atoms with van der Waals surface area (Å²) in [5.41, 5.74) is 1.83. The molecule has 0 amide bonds. The fourth-order valence-corrected chi connectivity index (χ4v) is 3.90. The third-order valence-corrected chi connectivity index (χ3v) is 5.45. The Morgan fingerprint density at radius 3 is 2.73 bits per heavy atom. The molecular formula is C22H34FIN6. The minimum Gasteiger partial charge on any atom is -0.357 e. The first-order chi connectivity index (χ1) is 14.1. The van der Waals surface area contributed by atoms with Gasteiger partial charge in [-0.15, -0.1) is 24.0 Å². The third kappa shape index (κ3) is 6.66. The molecule has 30 heavy (non-hydrogen) atoms. The summed E-state index contributed by atoms with van der Waals surface area (Å²) in [6.07, 6.45) is 5.22. The summed E-state index contributed by atoms with van der Waals surface area (Å²) >= 11 is 0. The Labute approximate surface area is 196 Å². The van der Waals surface area contributed by atoms with E-state index in [0.717, 1.165) is 43.4 Å². The topological polar surface area (TPSA) is 48.7 Å². The van der Waals surface area contributed by atoms with Gasteiger partial charge in [0.15, 0.2) is 5.96 Å².